The summed E-state index contributed by atoms with van der Waals surface area (Å²) in [6.07, 6.45) is 5.08. The van der Waals surface area contributed by atoms with Gasteiger partial charge in [0.05, 0.1) is 5.56 Å². The van der Waals surface area contributed by atoms with Crippen molar-refractivity contribution in [1.29, 1.82) is 0 Å². The molecule has 0 radical (unpaired) electrons. The zero-order chi connectivity index (χ0) is 13.9. The molecule has 0 aliphatic heterocycles. The molecular formula is C16H23NO2. The highest BCUT2D eigenvalue weighted by Gasteiger charge is 2.31. The normalized spacial score (nSPS) is 22.1. The van der Waals surface area contributed by atoms with E-state index in [-0.39, 0.29) is 0 Å². The van der Waals surface area contributed by atoms with Gasteiger partial charge >= 0.3 is 5.97 Å². The van der Waals surface area contributed by atoms with Gasteiger partial charge in [-0.3, -0.25) is 0 Å². The van der Waals surface area contributed by atoms with Crippen LogP contribution in [-0.4, -0.2) is 17.1 Å². The van der Waals surface area contributed by atoms with Gasteiger partial charge in [-0.2, -0.15) is 0 Å². The molecule has 1 atom stereocenters. The first kappa shape index (κ1) is 14.1. The Morgan fingerprint density at radius 1 is 1.42 bits per heavy atom. The van der Waals surface area contributed by atoms with E-state index in [9.17, 15) is 4.79 Å². The lowest BCUT2D eigenvalue weighted by molar-refractivity contribution is 0.0696. The lowest BCUT2D eigenvalue weighted by Crippen LogP contribution is -2.43. The molecule has 0 aromatic heterocycles. The van der Waals surface area contributed by atoms with Crippen LogP contribution in [0.5, 0.6) is 0 Å². The fourth-order valence-electron chi connectivity index (χ4n) is 2.93. The second kappa shape index (κ2) is 5.74. The van der Waals surface area contributed by atoms with Crippen molar-refractivity contribution < 1.29 is 9.90 Å². The van der Waals surface area contributed by atoms with E-state index in [1.165, 1.54) is 25.7 Å². The number of benzene rings is 1. The number of carboxylic acids is 1. The third kappa shape index (κ3) is 3.57. The van der Waals surface area contributed by atoms with Gasteiger partial charge in [-0.1, -0.05) is 38.8 Å². The lowest BCUT2D eigenvalue weighted by Gasteiger charge is -2.39. The van der Waals surface area contributed by atoms with Crippen molar-refractivity contribution >= 4 is 5.97 Å². The quantitative estimate of drug-likeness (QED) is 0.873. The zero-order valence-corrected chi connectivity index (χ0v) is 11.8. The minimum absolute atomic E-state index is 0.336. The number of carboxylic acid groups (broad SMARTS) is 1. The molecule has 104 valence electrons. The lowest BCUT2D eigenvalue weighted by atomic mass is 9.73. The van der Waals surface area contributed by atoms with Crippen molar-refractivity contribution in [3.8, 4) is 0 Å². The van der Waals surface area contributed by atoms with Gasteiger partial charge in [-0.25, -0.2) is 4.79 Å². The summed E-state index contributed by atoms with van der Waals surface area (Å²) in [6, 6.07) is 7.71. The highest BCUT2D eigenvalue weighted by molar-refractivity contribution is 5.87. The summed E-state index contributed by atoms with van der Waals surface area (Å²) in [5, 5.41) is 12.6. The molecule has 3 heteroatoms. The van der Waals surface area contributed by atoms with E-state index >= 15 is 0 Å². The van der Waals surface area contributed by atoms with Crippen LogP contribution < -0.4 is 5.32 Å². The molecule has 2 rings (SSSR count). The summed E-state index contributed by atoms with van der Waals surface area (Å²) in [7, 11) is 0. The molecule has 19 heavy (non-hydrogen) atoms. The van der Waals surface area contributed by atoms with Gasteiger partial charge in [-0.15, -0.1) is 0 Å². The van der Waals surface area contributed by atoms with E-state index in [0.717, 1.165) is 12.1 Å². The standard InChI is InChI=1S/C16H23NO2/c1-16(2)9-4-3-8-14(16)17-11-12-6-5-7-13(10-12)15(18)19/h5-7,10,14,17H,3-4,8-9,11H2,1-2H3,(H,18,19). The van der Waals surface area contributed by atoms with Crippen LogP contribution in [0.3, 0.4) is 0 Å². The summed E-state index contributed by atoms with van der Waals surface area (Å²) in [5.41, 5.74) is 1.74. The molecule has 1 fully saturated rings. The Balaban J connectivity index is 1.98. The third-order valence-electron chi connectivity index (χ3n) is 4.23. The van der Waals surface area contributed by atoms with Crippen molar-refractivity contribution in [3.63, 3.8) is 0 Å². The van der Waals surface area contributed by atoms with Crippen molar-refractivity contribution in [2.45, 2.75) is 52.1 Å². The van der Waals surface area contributed by atoms with Gasteiger partial charge in [0.25, 0.3) is 0 Å². The predicted molar refractivity (Wildman–Crippen MR) is 76.3 cm³/mol. The Morgan fingerprint density at radius 2 is 2.21 bits per heavy atom. The molecular weight excluding hydrogens is 238 g/mol. The molecule has 0 amide bonds. The minimum atomic E-state index is -0.861. The third-order valence-corrected chi connectivity index (χ3v) is 4.23. The van der Waals surface area contributed by atoms with Crippen LogP contribution in [0.15, 0.2) is 24.3 Å². The average Bonchev–Trinajstić information content (AvgIpc) is 2.37. The molecule has 2 N–H and O–H groups in total. The van der Waals surface area contributed by atoms with Crippen LogP contribution in [0.4, 0.5) is 0 Å². The Hall–Kier alpha value is -1.35. The van der Waals surface area contributed by atoms with Gasteiger partial charge in [0.2, 0.25) is 0 Å². The first-order valence-corrected chi connectivity index (χ1v) is 7.05. The van der Waals surface area contributed by atoms with Crippen molar-refractivity contribution in [2.24, 2.45) is 5.41 Å². The minimum Gasteiger partial charge on any atom is -0.478 e. The van der Waals surface area contributed by atoms with Gasteiger partial charge < -0.3 is 10.4 Å². The SMILES string of the molecule is CC1(C)CCCCC1NCc1cccc(C(=O)O)c1. The number of rotatable bonds is 4. The average molecular weight is 261 g/mol. The molecule has 1 aromatic rings. The van der Waals surface area contributed by atoms with Crippen LogP contribution in [0.2, 0.25) is 0 Å². The maximum atomic E-state index is 10.9. The number of aromatic carboxylic acids is 1. The largest absolute Gasteiger partial charge is 0.478 e. The summed E-state index contributed by atoms with van der Waals surface area (Å²) in [6.45, 7) is 5.38. The first-order chi connectivity index (χ1) is 8.99. The second-order valence-corrected chi connectivity index (χ2v) is 6.17. The highest BCUT2D eigenvalue weighted by atomic mass is 16.4. The van der Waals surface area contributed by atoms with Crippen molar-refractivity contribution in [3.05, 3.63) is 35.4 Å². The monoisotopic (exact) mass is 261 g/mol. The van der Waals surface area contributed by atoms with Crippen LogP contribution in [-0.2, 0) is 6.54 Å². The van der Waals surface area contributed by atoms with E-state index < -0.39 is 5.97 Å². The summed E-state index contributed by atoms with van der Waals surface area (Å²) in [5.74, 6) is -0.861. The van der Waals surface area contributed by atoms with Gasteiger partial charge in [0, 0.05) is 12.6 Å². The Morgan fingerprint density at radius 3 is 2.89 bits per heavy atom. The van der Waals surface area contributed by atoms with Gasteiger partial charge in [-0.05, 0) is 36.0 Å². The Bertz CT molecular complexity index is 454. The van der Waals surface area contributed by atoms with E-state index in [0.29, 0.717) is 17.0 Å². The zero-order valence-electron chi connectivity index (χ0n) is 11.8. The molecule has 1 saturated carbocycles. The topological polar surface area (TPSA) is 49.3 Å². The van der Waals surface area contributed by atoms with E-state index in [1.54, 1.807) is 12.1 Å². The number of carbonyl (C=O) groups is 1. The van der Waals surface area contributed by atoms with Crippen LogP contribution in [0, 0.1) is 5.41 Å². The van der Waals surface area contributed by atoms with Crippen molar-refractivity contribution in [2.75, 3.05) is 0 Å². The van der Waals surface area contributed by atoms with Crippen molar-refractivity contribution in [1.82, 2.24) is 5.32 Å². The Kier molecular flexibility index (Phi) is 4.25. The summed E-state index contributed by atoms with van der Waals surface area (Å²) in [4.78, 5) is 10.9. The van der Waals surface area contributed by atoms with Crippen LogP contribution in [0.25, 0.3) is 0 Å². The highest BCUT2D eigenvalue weighted by Crippen LogP contribution is 2.35. The van der Waals surface area contributed by atoms with Gasteiger partial charge in [0.1, 0.15) is 0 Å². The molecule has 1 aliphatic rings. The summed E-state index contributed by atoms with van der Waals surface area (Å²) < 4.78 is 0. The van der Waals surface area contributed by atoms with E-state index in [2.05, 4.69) is 19.2 Å². The molecule has 0 heterocycles. The first-order valence-electron chi connectivity index (χ1n) is 7.05. The van der Waals surface area contributed by atoms with E-state index in [1.807, 2.05) is 12.1 Å². The van der Waals surface area contributed by atoms with Crippen LogP contribution in [0.1, 0.15) is 55.5 Å². The molecule has 1 unspecified atom stereocenters. The number of hydrogen-bond acceptors (Lipinski definition) is 2. The maximum absolute atomic E-state index is 10.9. The Labute approximate surface area is 115 Å². The fraction of sp³-hybridized carbons (Fsp3) is 0.562. The smallest absolute Gasteiger partial charge is 0.335 e. The molecule has 1 aliphatic carbocycles. The molecule has 0 bridgehead atoms. The molecule has 0 spiro atoms. The maximum Gasteiger partial charge on any atom is 0.335 e. The molecule has 1 aromatic carbocycles. The summed E-state index contributed by atoms with van der Waals surface area (Å²) >= 11 is 0. The predicted octanol–water partition coefficient (Wildman–Crippen LogP) is 3.44. The van der Waals surface area contributed by atoms with Gasteiger partial charge in [0.15, 0.2) is 0 Å². The number of nitrogens with one attached hydrogen (secondary N) is 1. The van der Waals surface area contributed by atoms with Crippen LogP contribution >= 0.6 is 0 Å². The number of hydrogen-bond donors (Lipinski definition) is 2. The second-order valence-electron chi connectivity index (χ2n) is 6.17. The molecule has 0 saturated heterocycles. The van der Waals surface area contributed by atoms with E-state index in [4.69, 9.17) is 5.11 Å². The molecule has 3 nitrogen and oxygen atoms in total. The fourth-order valence-corrected chi connectivity index (χ4v) is 2.93.